The number of halogens is 4. The van der Waals surface area contributed by atoms with Gasteiger partial charge in [0.15, 0.2) is 0 Å². The van der Waals surface area contributed by atoms with Crippen LogP contribution in [0.1, 0.15) is 53.6 Å². The molecule has 0 saturated heterocycles. The normalized spacial score (nSPS) is 16.7. The van der Waals surface area contributed by atoms with E-state index in [-0.39, 0.29) is 16.8 Å². The summed E-state index contributed by atoms with van der Waals surface area (Å²) in [5, 5.41) is 7.11. The van der Waals surface area contributed by atoms with Gasteiger partial charge in [0.25, 0.3) is 0 Å². The lowest BCUT2D eigenvalue weighted by atomic mass is 9.85. The minimum atomic E-state index is -4.68. The van der Waals surface area contributed by atoms with Gasteiger partial charge in [0.05, 0.1) is 29.8 Å². The average molecular weight is 516 g/mol. The van der Waals surface area contributed by atoms with Crippen LogP contribution >= 0.6 is 0 Å². The second-order valence-corrected chi connectivity index (χ2v) is 9.73. The number of ether oxygens (including phenoxy) is 1. The lowest BCUT2D eigenvalue weighted by Gasteiger charge is -2.24. The molecular formula is C27H25F4N3O3. The maximum absolute atomic E-state index is 14.6. The quantitative estimate of drug-likeness (QED) is 0.311. The number of hydrogen-bond acceptors (Lipinski definition) is 4. The highest BCUT2D eigenvalue weighted by molar-refractivity contribution is 6.04. The van der Waals surface area contributed by atoms with E-state index in [2.05, 4.69) is 10.4 Å². The van der Waals surface area contributed by atoms with Crippen molar-refractivity contribution in [3.05, 3.63) is 71.3 Å². The Labute approximate surface area is 210 Å². The third-order valence-corrected chi connectivity index (χ3v) is 7.29. The Bertz CT molecular complexity index is 1360. The van der Waals surface area contributed by atoms with Crippen molar-refractivity contribution < 1.29 is 31.9 Å². The molecule has 0 unspecified atom stereocenters. The fraction of sp³-hybridized carbons (Fsp3) is 0.370. The summed E-state index contributed by atoms with van der Waals surface area (Å²) in [6, 6.07) is 6.97. The summed E-state index contributed by atoms with van der Waals surface area (Å²) < 4.78 is 60.2. The van der Waals surface area contributed by atoms with E-state index in [0.717, 1.165) is 24.2 Å². The van der Waals surface area contributed by atoms with Gasteiger partial charge < -0.3 is 10.1 Å². The van der Waals surface area contributed by atoms with E-state index in [4.69, 9.17) is 4.74 Å². The minimum Gasteiger partial charge on any atom is -0.465 e. The van der Waals surface area contributed by atoms with E-state index >= 15 is 0 Å². The van der Waals surface area contributed by atoms with E-state index in [1.165, 1.54) is 32.4 Å². The molecule has 0 radical (unpaired) electrons. The maximum Gasteiger partial charge on any atom is 0.416 e. The van der Waals surface area contributed by atoms with Gasteiger partial charge in [-0.25, -0.2) is 9.18 Å². The number of alkyl halides is 3. The van der Waals surface area contributed by atoms with Gasteiger partial charge in [-0.05, 0) is 61.4 Å². The van der Waals surface area contributed by atoms with Crippen LogP contribution in [-0.2, 0) is 27.7 Å². The standard InChI is InChI=1S/C27H25F4N3O3/c1-37-24(35)21-12-19(6-7-20(21)17-13-32-34(15-17)14-16-3-2-4-16)33-25(36)26(9-10-26)22-8-5-18(11-23(22)28)27(29,30)31/h5-8,11-13,15-16H,2-4,9-10,14H2,1H3,(H,33,36). The largest absolute Gasteiger partial charge is 0.465 e. The fourth-order valence-electron chi connectivity index (χ4n) is 4.77. The van der Waals surface area contributed by atoms with Crippen molar-refractivity contribution in [2.24, 2.45) is 5.92 Å². The zero-order valence-corrected chi connectivity index (χ0v) is 20.1. The van der Waals surface area contributed by atoms with Crippen LogP contribution in [0.4, 0.5) is 23.2 Å². The minimum absolute atomic E-state index is 0.0818. The van der Waals surface area contributed by atoms with E-state index in [1.807, 2.05) is 10.9 Å². The number of carbonyl (C=O) groups is 2. The third kappa shape index (κ3) is 4.84. The second-order valence-electron chi connectivity index (χ2n) is 9.73. The van der Waals surface area contributed by atoms with E-state index in [9.17, 15) is 27.2 Å². The lowest BCUT2D eigenvalue weighted by Crippen LogP contribution is -2.29. The SMILES string of the molecule is COC(=O)c1cc(NC(=O)C2(c3ccc(C(F)(F)F)cc3F)CC2)ccc1-c1cnn(CC2CCC2)c1. The van der Waals surface area contributed by atoms with Crippen molar-refractivity contribution >= 4 is 17.6 Å². The summed E-state index contributed by atoms with van der Waals surface area (Å²) in [4.78, 5) is 25.7. The number of hydrogen-bond donors (Lipinski definition) is 1. The lowest BCUT2D eigenvalue weighted by molar-refractivity contribution is -0.137. The molecule has 194 valence electrons. The van der Waals surface area contributed by atoms with Gasteiger partial charge in [-0.1, -0.05) is 18.6 Å². The smallest absolute Gasteiger partial charge is 0.416 e. The highest BCUT2D eigenvalue weighted by Gasteiger charge is 2.53. The topological polar surface area (TPSA) is 73.2 Å². The number of nitrogens with one attached hydrogen (secondary N) is 1. The first kappa shape index (κ1) is 25.0. The second kappa shape index (κ2) is 9.32. The average Bonchev–Trinajstić information content (AvgIpc) is 3.51. The predicted molar refractivity (Wildman–Crippen MR) is 127 cm³/mol. The Morgan fingerprint density at radius 1 is 1.16 bits per heavy atom. The molecule has 1 amide bonds. The summed E-state index contributed by atoms with van der Waals surface area (Å²) in [5.74, 6) is -1.63. The number of aromatic nitrogens is 2. The van der Waals surface area contributed by atoms with Gasteiger partial charge in [-0.3, -0.25) is 9.48 Å². The fourth-order valence-corrected chi connectivity index (χ4v) is 4.77. The number of anilines is 1. The Morgan fingerprint density at radius 2 is 1.92 bits per heavy atom. The van der Waals surface area contributed by atoms with Gasteiger partial charge in [-0.2, -0.15) is 18.3 Å². The van der Waals surface area contributed by atoms with Crippen molar-refractivity contribution in [1.82, 2.24) is 9.78 Å². The summed E-state index contributed by atoms with van der Waals surface area (Å²) in [7, 11) is 1.25. The molecule has 1 heterocycles. The van der Waals surface area contributed by atoms with Crippen LogP contribution in [0.5, 0.6) is 0 Å². The number of benzene rings is 2. The molecule has 3 aromatic rings. The molecule has 0 bridgehead atoms. The molecule has 2 aliphatic rings. The third-order valence-electron chi connectivity index (χ3n) is 7.29. The Morgan fingerprint density at radius 3 is 2.51 bits per heavy atom. The van der Waals surface area contributed by atoms with Crippen molar-refractivity contribution in [3.8, 4) is 11.1 Å². The molecule has 2 saturated carbocycles. The van der Waals surface area contributed by atoms with Crippen molar-refractivity contribution in [2.45, 2.75) is 50.2 Å². The van der Waals surface area contributed by atoms with Gasteiger partial charge in [-0.15, -0.1) is 0 Å². The monoisotopic (exact) mass is 515 g/mol. The van der Waals surface area contributed by atoms with Crippen LogP contribution in [0, 0.1) is 11.7 Å². The van der Waals surface area contributed by atoms with Crippen molar-refractivity contribution in [1.29, 1.82) is 0 Å². The molecule has 2 aliphatic carbocycles. The molecule has 5 rings (SSSR count). The number of nitrogens with zero attached hydrogens (tertiary/aromatic N) is 2. The molecular weight excluding hydrogens is 490 g/mol. The first-order valence-corrected chi connectivity index (χ1v) is 12.0. The molecule has 6 nitrogen and oxygen atoms in total. The first-order chi connectivity index (χ1) is 17.6. The summed E-state index contributed by atoms with van der Waals surface area (Å²) in [6.45, 7) is 0.810. The Balaban J connectivity index is 1.38. The van der Waals surface area contributed by atoms with Crippen LogP contribution in [0.3, 0.4) is 0 Å². The highest BCUT2D eigenvalue weighted by atomic mass is 19.4. The summed E-state index contributed by atoms with van der Waals surface area (Å²) >= 11 is 0. The van der Waals surface area contributed by atoms with E-state index in [1.54, 1.807) is 18.3 Å². The van der Waals surface area contributed by atoms with E-state index in [0.29, 0.717) is 30.4 Å². The highest BCUT2D eigenvalue weighted by Crippen LogP contribution is 2.50. The van der Waals surface area contributed by atoms with Gasteiger partial charge in [0, 0.05) is 29.6 Å². The van der Waals surface area contributed by atoms with Crippen molar-refractivity contribution in [3.63, 3.8) is 0 Å². The predicted octanol–water partition coefficient (Wildman–Crippen LogP) is 5.97. The zero-order valence-electron chi connectivity index (χ0n) is 20.1. The first-order valence-electron chi connectivity index (χ1n) is 12.0. The van der Waals surface area contributed by atoms with Crippen LogP contribution in [0.2, 0.25) is 0 Å². The Kier molecular flexibility index (Phi) is 6.29. The number of esters is 1. The molecule has 0 aliphatic heterocycles. The molecule has 0 atom stereocenters. The van der Waals surface area contributed by atoms with Gasteiger partial charge in [0.2, 0.25) is 5.91 Å². The number of methoxy groups -OCH3 is 1. The zero-order chi connectivity index (χ0) is 26.4. The van der Waals surface area contributed by atoms with Gasteiger partial charge >= 0.3 is 12.1 Å². The number of rotatable bonds is 7. The molecule has 37 heavy (non-hydrogen) atoms. The number of carbonyl (C=O) groups excluding carboxylic acids is 2. The molecule has 1 N–H and O–H groups in total. The van der Waals surface area contributed by atoms with Crippen LogP contribution in [-0.4, -0.2) is 28.8 Å². The van der Waals surface area contributed by atoms with E-state index < -0.39 is 34.8 Å². The summed E-state index contributed by atoms with van der Waals surface area (Å²) in [5.41, 5.74) is -0.645. The van der Waals surface area contributed by atoms with Crippen LogP contribution in [0.25, 0.3) is 11.1 Å². The van der Waals surface area contributed by atoms with Crippen molar-refractivity contribution in [2.75, 3.05) is 12.4 Å². The molecule has 2 aromatic carbocycles. The summed E-state index contributed by atoms with van der Waals surface area (Å²) in [6.07, 6.45) is 3.02. The Hall–Kier alpha value is -3.69. The molecule has 0 spiro atoms. The maximum atomic E-state index is 14.6. The van der Waals surface area contributed by atoms with Crippen LogP contribution in [0.15, 0.2) is 48.8 Å². The molecule has 1 aromatic heterocycles. The molecule has 10 heteroatoms. The van der Waals surface area contributed by atoms with Gasteiger partial charge in [0.1, 0.15) is 5.82 Å². The van der Waals surface area contributed by atoms with Crippen LogP contribution < -0.4 is 5.32 Å². The number of amides is 1. The molecule has 2 fully saturated rings.